The van der Waals surface area contributed by atoms with Gasteiger partial charge in [-0.2, -0.15) is 0 Å². The van der Waals surface area contributed by atoms with Crippen LogP contribution >= 0.6 is 11.3 Å². The highest BCUT2D eigenvalue weighted by Crippen LogP contribution is 2.40. The Hall–Kier alpha value is -3.63. The van der Waals surface area contributed by atoms with Crippen LogP contribution < -0.4 is 19.2 Å². The first-order chi connectivity index (χ1) is 18.4. The number of carbonyl (C=O) groups is 1. The maximum absolute atomic E-state index is 13.9. The molecule has 10 heteroatoms. The number of fused-ring (bicyclic) bond motifs is 2. The molecule has 204 valence electrons. The van der Waals surface area contributed by atoms with E-state index in [2.05, 4.69) is 26.1 Å². The van der Waals surface area contributed by atoms with Crippen molar-refractivity contribution in [2.75, 3.05) is 16.2 Å². The Kier molecular flexibility index (Phi) is 6.80. The van der Waals surface area contributed by atoms with Gasteiger partial charge in [-0.3, -0.25) is 18.5 Å². The highest BCUT2D eigenvalue weighted by Gasteiger charge is 2.38. The molecule has 5 rings (SSSR count). The average molecular weight is 566 g/mol. The summed E-state index contributed by atoms with van der Waals surface area (Å²) in [5.74, 6) is -0.162. The number of hydrogen-bond acceptors (Lipinski definition) is 6. The van der Waals surface area contributed by atoms with Crippen LogP contribution in [0.2, 0.25) is 0 Å². The summed E-state index contributed by atoms with van der Waals surface area (Å²) in [6.07, 6.45) is -1.09. The number of anilines is 2. The van der Waals surface area contributed by atoms with Gasteiger partial charge in [0, 0.05) is 12.2 Å². The lowest BCUT2D eigenvalue weighted by Crippen LogP contribution is -2.49. The van der Waals surface area contributed by atoms with Gasteiger partial charge < -0.3 is 10.1 Å². The van der Waals surface area contributed by atoms with Crippen LogP contribution in [0.3, 0.4) is 0 Å². The smallest absolute Gasteiger partial charge is 0.308 e. The summed E-state index contributed by atoms with van der Waals surface area (Å²) in [5.41, 5.74) is 3.38. The number of benzene rings is 3. The fraction of sp³-hybridized carbons (Fsp3) is 0.310. The SMILES string of the molecule is CCn1c(=O)sc2cc(NC(=O)[C@H]3CN(S(=O)(=O)c4ccc(C)cc4)c4cc(C(C)(C)C)ccc4O3)ccc21. The Morgan fingerprint density at radius 2 is 1.79 bits per heavy atom. The minimum Gasteiger partial charge on any atom is -0.476 e. The van der Waals surface area contributed by atoms with E-state index in [0.717, 1.165) is 32.7 Å². The third-order valence-corrected chi connectivity index (χ3v) is 9.58. The lowest BCUT2D eigenvalue weighted by Gasteiger charge is -2.36. The van der Waals surface area contributed by atoms with Gasteiger partial charge in [0.1, 0.15) is 5.75 Å². The van der Waals surface area contributed by atoms with Crippen molar-refractivity contribution < 1.29 is 17.9 Å². The van der Waals surface area contributed by atoms with E-state index in [9.17, 15) is 18.0 Å². The topological polar surface area (TPSA) is 97.7 Å². The van der Waals surface area contributed by atoms with Crippen LogP contribution in [0.5, 0.6) is 5.75 Å². The van der Waals surface area contributed by atoms with E-state index in [1.807, 2.05) is 26.0 Å². The lowest BCUT2D eigenvalue weighted by molar-refractivity contribution is -0.122. The molecule has 1 atom stereocenters. The van der Waals surface area contributed by atoms with Crippen molar-refractivity contribution in [2.45, 2.75) is 57.6 Å². The molecule has 0 spiro atoms. The van der Waals surface area contributed by atoms with Gasteiger partial charge in [-0.05, 0) is 67.3 Å². The fourth-order valence-electron chi connectivity index (χ4n) is 4.59. The van der Waals surface area contributed by atoms with Gasteiger partial charge in [0.15, 0.2) is 6.10 Å². The molecule has 0 saturated heterocycles. The highest BCUT2D eigenvalue weighted by atomic mass is 32.2. The molecule has 1 N–H and O–H groups in total. The molecule has 1 aliphatic heterocycles. The zero-order valence-corrected chi connectivity index (χ0v) is 24.2. The molecule has 8 nitrogen and oxygen atoms in total. The summed E-state index contributed by atoms with van der Waals surface area (Å²) in [4.78, 5) is 25.7. The number of carbonyl (C=O) groups excluding carboxylic acids is 1. The molecular formula is C29H31N3O5S2. The molecule has 0 radical (unpaired) electrons. The van der Waals surface area contributed by atoms with Crippen molar-refractivity contribution in [3.63, 3.8) is 0 Å². The second-order valence-electron chi connectivity index (χ2n) is 10.7. The van der Waals surface area contributed by atoms with E-state index < -0.39 is 22.0 Å². The van der Waals surface area contributed by atoms with Gasteiger partial charge in [0.2, 0.25) is 0 Å². The van der Waals surface area contributed by atoms with Gasteiger partial charge in [-0.25, -0.2) is 8.42 Å². The zero-order chi connectivity index (χ0) is 28.1. The molecule has 3 aromatic carbocycles. The van der Waals surface area contributed by atoms with Gasteiger partial charge >= 0.3 is 4.87 Å². The summed E-state index contributed by atoms with van der Waals surface area (Å²) in [5, 5.41) is 2.85. The number of sulfonamides is 1. The minimum atomic E-state index is -3.99. The molecule has 0 fully saturated rings. The van der Waals surface area contributed by atoms with Crippen molar-refractivity contribution in [2.24, 2.45) is 0 Å². The molecule has 1 amide bonds. The summed E-state index contributed by atoms with van der Waals surface area (Å²) in [6, 6.07) is 17.4. The number of ether oxygens (including phenoxy) is 1. The first-order valence-corrected chi connectivity index (χ1v) is 15.0. The van der Waals surface area contributed by atoms with E-state index in [1.54, 1.807) is 53.1 Å². The Morgan fingerprint density at radius 1 is 1.08 bits per heavy atom. The monoisotopic (exact) mass is 565 g/mol. The van der Waals surface area contributed by atoms with Crippen molar-refractivity contribution >= 4 is 48.9 Å². The highest BCUT2D eigenvalue weighted by molar-refractivity contribution is 7.92. The molecule has 39 heavy (non-hydrogen) atoms. The van der Waals surface area contributed by atoms with E-state index in [4.69, 9.17) is 4.74 Å². The standard InChI is InChI=1S/C29H31N3O5S2/c1-6-31-22-13-10-20(16-26(22)38-28(31)34)30-27(33)25-17-32(39(35,36)21-11-7-18(2)8-12-21)23-15-19(29(3,4)5)9-14-24(23)37-25/h7-16,25H,6,17H2,1-5H3,(H,30,33)/t25-/m1/s1. The summed E-state index contributed by atoms with van der Waals surface area (Å²) < 4.78 is 37.5. The average Bonchev–Trinajstić information content (AvgIpc) is 3.21. The third kappa shape index (κ3) is 5.06. The van der Waals surface area contributed by atoms with E-state index >= 15 is 0 Å². The zero-order valence-electron chi connectivity index (χ0n) is 22.5. The molecule has 0 bridgehead atoms. The number of rotatable bonds is 5. The molecule has 2 heterocycles. The molecule has 0 unspecified atom stereocenters. The second-order valence-corrected chi connectivity index (χ2v) is 13.5. The van der Waals surface area contributed by atoms with Gasteiger partial charge in [0.05, 0.1) is 27.3 Å². The summed E-state index contributed by atoms with van der Waals surface area (Å²) >= 11 is 1.11. The number of thiazole rings is 1. The summed E-state index contributed by atoms with van der Waals surface area (Å²) in [6.45, 7) is 10.3. The lowest BCUT2D eigenvalue weighted by atomic mass is 9.86. The van der Waals surface area contributed by atoms with Crippen LogP contribution in [-0.4, -0.2) is 31.5 Å². The fourth-order valence-corrected chi connectivity index (χ4v) is 7.05. The van der Waals surface area contributed by atoms with Crippen LogP contribution in [0.25, 0.3) is 10.2 Å². The molecule has 1 aromatic heterocycles. The number of nitrogens with zero attached hydrogens (tertiary/aromatic N) is 2. The van der Waals surface area contributed by atoms with Crippen LogP contribution in [-0.2, 0) is 26.8 Å². The largest absolute Gasteiger partial charge is 0.476 e. The van der Waals surface area contributed by atoms with E-state index in [-0.39, 0.29) is 21.7 Å². The van der Waals surface area contributed by atoms with E-state index in [0.29, 0.717) is 23.7 Å². The maximum Gasteiger partial charge on any atom is 0.308 e. The summed E-state index contributed by atoms with van der Waals surface area (Å²) in [7, 11) is -3.99. The molecule has 4 aromatic rings. The van der Waals surface area contributed by atoms with Crippen molar-refractivity contribution in [1.82, 2.24) is 4.57 Å². The minimum absolute atomic E-state index is 0.0604. The quantitative estimate of drug-likeness (QED) is 0.355. The van der Waals surface area contributed by atoms with Gasteiger partial charge in [-0.1, -0.05) is 55.9 Å². The first kappa shape index (κ1) is 27.0. The predicted molar refractivity (Wildman–Crippen MR) is 156 cm³/mol. The van der Waals surface area contributed by atoms with Gasteiger partial charge in [0.25, 0.3) is 15.9 Å². The first-order valence-electron chi connectivity index (χ1n) is 12.7. The van der Waals surface area contributed by atoms with Crippen LogP contribution in [0, 0.1) is 6.92 Å². The molecule has 0 aliphatic carbocycles. The van der Waals surface area contributed by atoms with Crippen molar-refractivity contribution in [3.8, 4) is 5.75 Å². The molecule has 0 saturated carbocycles. The Bertz CT molecular complexity index is 1730. The van der Waals surface area contributed by atoms with E-state index in [1.165, 1.54) is 4.31 Å². The number of aryl methyl sites for hydroxylation is 2. The second kappa shape index (κ2) is 9.84. The normalized spacial score (nSPS) is 15.6. The van der Waals surface area contributed by atoms with Crippen molar-refractivity contribution in [1.29, 1.82) is 0 Å². The number of aromatic nitrogens is 1. The maximum atomic E-state index is 13.9. The Balaban J connectivity index is 1.50. The molecule has 1 aliphatic rings. The number of hydrogen-bond donors (Lipinski definition) is 1. The predicted octanol–water partition coefficient (Wildman–Crippen LogP) is 5.28. The third-order valence-electron chi connectivity index (χ3n) is 6.85. The van der Waals surface area contributed by atoms with Crippen LogP contribution in [0.4, 0.5) is 11.4 Å². The Labute approximate surface area is 231 Å². The van der Waals surface area contributed by atoms with Crippen LogP contribution in [0.1, 0.15) is 38.8 Å². The Morgan fingerprint density at radius 3 is 2.46 bits per heavy atom. The number of nitrogens with one attached hydrogen (secondary N) is 1. The molecular weight excluding hydrogens is 534 g/mol. The van der Waals surface area contributed by atoms with Gasteiger partial charge in [-0.15, -0.1) is 0 Å². The van der Waals surface area contributed by atoms with Crippen molar-refractivity contribution in [3.05, 3.63) is 81.5 Å². The van der Waals surface area contributed by atoms with Crippen LogP contribution in [0.15, 0.2) is 70.4 Å². The number of amides is 1.